The summed E-state index contributed by atoms with van der Waals surface area (Å²) in [6, 6.07) is 29.4. The molecule has 0 spiro atoms. The molecule has 1 N–H and O–H groups in total. The molecule has 0 saturated carbocycles. The fourth-order valence-electron chi connectivity index (χ4n) is 3.12. The Kier molecular flexibility index (Phi) is 4.70. The van der Waals surface area contributed by atoms with E-state index in [2.05, 4.69) is 0 Å². The second kappa shape index (κ2) is 8.31. The van der Waals surface area contributed by atoms with Crippen LogP contribution in [-0.2, 0) is 10.3 Å². The third-order valence-electron chi connectivity index (χ3n) is 4.59. The van der Waals surface area contributed by atoms with Gasteiger partial charge in [-0.1, -0.05) is 105 Å². The molecule has 0 bridgehead atoms. The second-order valence-corrected chi connectivity index (χ2v) is 6.45. The van der Waals surface area contributed by atoms with Crippen molar-refractivity contribution < 1.29 is 14.0 Å². The average Bonchev–Trinajstić information content (AvgIpc) is 2.75. The maximum atomic E-state index is 10.6. The Morgan fingerprint density at radius 1 is 0.808 bits per heavy atom. The Hall–Kier alpha value is -2.42. The second-order valence-electron chi connectivity index (χ2n) is 6.45. The molecule has 0 aliphatic heterocycles. The number of hydrogen-bond donors (Lipinski definition) is 1. The first-order chi connectivity index (χ1) is 13.9. The van der Waals surface area contributed by atoms with Gasteiger partial charge in [0.1, 0.15) is 5.60 Å². The van der Waals surface area contributed by atoms with Gasteiger partial charge in [0.15, 0.2) is 0 Å². The number of hydrogen-bond acceptors (Lipinski definition) is 2. The highest BCUT2D eigenvalue weighted by Crippen LogP contribution is 2.40. The SMILES string of the molecule is [2H]C([2H])([2H])[C@H](C)[C@@H](O)COC(c1ccccc1)(c1ccccc1)c1ccccc1. The van der Waals surface area contributed by atoms with Gasteiger partial charge in [-0.2, -0.15) is 0 Å². The van der Waals surface area contributed by atoms with E-state index >= 15 is 0 Å². The lowest BCUT2D eigenvalue weighted by atomic mass is 9.80. The van der Waals surface area contributed by atoms with Crippen LogP contribution in [-0.4, -0.2) is 17.8 Å². The van der Waals surface area contributed by atoms with Crippen molar-refractivity contribution >= 4 is 0 Å². The molecule has 0 radical (unpaired) electrons. The first kappa shape index (κ1) is 14.7. The summed E-state index contributed by atoms with van der Waals surface area (Å²) < 4.78 is 29.3. The van der Waals surface area contributed by atoms with Crippen LogP contribution in [0.15, 0.2) is 91.0 Å². The van der Waals surface area contributed by atoms with E-state index in [0.29, 0.717) is 0 Å². The van der Waals surface area contributed by atoms with E-state index in [0.717, 1.165) is 16.7 Å². The predicted octanol–water partition coefficient (Wildman–Crippen LogP) is 5.01. The average molecular weight is 349 g/mol. The predicted molar refractivity (Wildman–Crippen MR) is 106 cm³/mol. The smallest absolute Gasteiger partial charge is 0.143 e. The van der Waals surface area contributed by atoms with E-state index in [4.69, 9.17) is 8.85 Å². The molecule has 0 saturated heterocycles. The number of aliphatic hydroxyl groups is 1. The van der Waals surface area contributed by atoms with Gasteiger partial charge in [-0.25, -0.2) is 0 Å². The summed E-state index contributed by atoms with van der Waals surface area (Å²) in [7, 11) is 0. The van der Waals surface area contributed by atoms with Crippen LogP contribution in [0.25, 0.3) is 0 Å². The van der Waals surface area contributed by atoms with Crippen LogP contribution in [0, 0.1) is 5.92 Å². The maximum Gasteiger partial charge on any atom is 0.143 e. The third-order valence-corrected chi connectivity index (χ3v) is 4.59. The number of ether oxygens (including phenoxy) is 1. The highest BCUT2D eigenvalue weighted by atomic mass is 16.5. The van der Waals surface area contributed by atoms with Crippen molar-refractivity contribution in [2.45, 2.75) is 25.5 Å². The van der Waals surface area contributed by atoms with Crippen molar-refractivity contribution in [3.8, 4) is 0 Å². The number of aliphatic hydroxyl groups excluding tert-OH is 1. The lowest BCUT2D eigenvalue weighted by Crippen LogP contribution is -2.36. The van der Waals surface area contributed by atoms with E-state index in [1.807, 2.05) is 91.0 Å². The summed E-state index contributed by atoms with van der Waals surface area (Å²) >= 11 is 0. The molecule has 134 valence electrons. The van der Waals surface area contributed by atoms with Gasteiger partial charge in [-0.05, 0) is 22.6 Å². The molecule has 0 fully saturated rings. The fourth-order valence-corrected chi connectivity index (χ4v) is 3.12. The van der Waals surface area contributed by atoms with Gasteiger partial charge >= 0.3 is 0 Å². The van der Waals surface area contributed by atoms with Crippen molar-refractivity contribution in [2.75, 3.05) is 6.61 Å². The molecule has 0 heterocycles. The minimum absolute atomic E-state index is 0.113. The van der Waals surface area contributed by atoms with Gasteiger partial charge in [0.2, 0.25) is 0 Å². The molecule has 3 aromatic rings. The van der Waals surface area contributed by atoms with Crippen molar-refractivity contribution in [2.24, 2.45) is 5.92 Å². The largest absolute Gasteiger partial charge is 0.390 e. The minimum atomic E-state index is -2.25. The molecule has 2 nitrogen and oxygen atoms in total. The van der Waals surface area contributed by atoms with E-state index in [1.54, 1.807) is 0 Å². The minimum Gasteiger partial charge on any atom is -0.390 e. The Morgan fingerprint density at radius 2 is 1.19 bits per heavy atom. The van der Waals surface area contributed by atoms with Crippen molar-refractivity contribution in [3.63, 3.8) is 0 Å². The molecular formula is C24H26O2. The highest BCUT2D eigenvalue weighted by molar-refractivity contribution is 5.47. The highest BCUT2D eigenvalue weighted by Gasteiger charge is 2.38. The van der Waals surface area contributed by atoms with Crippen LogP contribution in [0.5, 0.6) is 0 Å². The van der Waals surface area contributed by atoms with E-state index < -0.39 is 24.5 Å². The van der Waals surface area contributed by atoms with Crippen LogP contribution in [0.4, 0.5) is 0 Å². The molecule has 0 aliphatic rings. The molecule has 26 heavy (non-hydrogen) atoms. The summed E-state index contributed by atoms with van der Waals surface area (Å²) in [5.74, 6) is -0.900. The zero-order valence-electron chi connectivity index (χ0n) is 17.9. The first-order valence-corrected chi connectivity index (χ1v) is 8.84. The van der Waals surface area contributed by atoms with Crippen molar-refractivity contribution in [1.29, 1.82) is 0 Å². The molecule has 3 rings (SSSR count). The van der Waals surface area contributed by atoms with Crippen molar-refractivity contribution in [1.82, 2.24) is 0 Å². The molecule has 2 atom stereocenters. The molecule has 0 aliphatic carbocycles. The first-order valence-electron chi connectivity index (χ1n) is 10.3. The summed E-state index contributed by atoms with van der Waals surface area (Å²) in [4.78, 5) is 0. The van der Waals surface area contributed by atoms with Gasteiger partial charge in [-0.15, -0.1) is 0 Å². The summed E-state index contributed by atoms with van der Waals surface area (Å²) in [5.41, 5.74) is 1.75. The van der Waals surface area contributed by atoms with Gasteiger partial charge in [0.05, 0.1) is 12.7 Å². The zero-order valence-corrected chi connectivity index (χ0v) is 14.9. The number of rotatable bonds is 7. The van der Waals surface area contributed by atoms with E-state index in [9.17, 15) is 5.11 Å². The Bertz CT molecular complexity index is 784. The summed E-state index contributed by atoms with van der Waals surface area (Å²) in [6.07, 6.45) is -1.13. The molecule has 0 aromatic heterocycles. The van der Waals surface area contributed by atoms with Crippen molar-refractivity contribution in [3.05, 3.63) is 108 Å². The normalized spacial score (nSPS) is 16.2. The lowest BCUT2D eigenvalue weighted by molar-refractivity contribution is -0.0509. The van der Waals surface area contributed by atoms with Gasteiger partial charge in [-0.3, -0.25) is 0 Å². The van der Waals surface area contributed by atoms with Gasteiger partial charge in [0.25, 0.3) is 0 Å². The Labute approximate surface area is 160 Å². The monoisotopic (exact) mass is 349 g/mol. The fraction of sp³-hybridized carbons (Fsp3) is 0.250. The lowest BCUT2D eigenvalue weighted by Gasteiger charge is -2.37. The molecular weight excluding hydrogens is 320 g/mol. The van der Waals surface area contributed by atoms with Gasteiger partial charge in [0, 0.05) is 4.11 Å². The Morgan fingerprint density at radius 3 is 1.54 bits per heavy atom. The van der Waals surface area contributed by atoms with Crippen LogP contribution in [0.1, 0.15) is 34.6 Å². The van der Waals surface area contributed by atoms with Crippen LogP contribution in [0.2, 0.25) is 0 Å². The molecule has 0 amide bonds. The zero-order chi connectivity index (χ0) is 20.9. The summed E-state index contributed by atoms with van der Waals surface area (Å²) in [6.45, 7) is -0.841. The quantitative estimate of drug-likeness (QED) is 0.608. The van der Waals surface area contributed by atoms with Gasteiger partial charge < -0.3 is 9.84 Å². The topological polar surface area (TPSA) is 29.5 Å². The van der Waals surface area contributed by atoms with E-state index in [1.165, 1.54) is 6.92 Å². The van der Waals surface area contributed by atoms with Crippen LogP contribution >= 0.6 is 0 Å². The molecule has 0 unspecified atom stereocenters. The molecule has 3 aromatic carbocycles. The third kappa shape index (κ3) is 3.72. The standard InChI is InChI=1S/C24H26O2/c1-19(2)23(25)18-26-24(20-12-6-3-7-13-20,21-14-8-4-9-15-21)22-16-10-5-11-17-22/h3-17,19,23,25H,18H2,1-2H3/t23-/m0/s1/i1D3/t19-,23+/m1. The summed E-state index contributed by atoms with van der Waals surface area (Å²) in [5, 5.41) is 10.6. The number of benzene rings is 3. The molecule has 2 heteroatoms. The van der Waals surface area contributed by atoms with Crippen LogP contribution in [0.3, 0.4) is 0 Å². The Balaban J connectivity index is 2.10. The van der Waals surface area contributed by atoms with E-state index in [-0.39, 0.29) is 6.61 Å². The maximum absolute atomic E-state index is 10.6. The van der Waals surface area contributed by atoms with Crippen LogP contribution < -0.4 is 0 Å².